The van der Waals surface area contributed by atoms with Crippen LogP contribution in [0.3, 0.4) is 0 Å². The van der Waals surface area contributed by atoms with Crippen LogP contribution in [0.1, 0.15) is 42.4 Å². The van der Waals surface area contributed by atoms with E-state index < -0.39 is 5.97 Å². The van der Waals surface area contributed by atoms with E-state index in [0.717, 1.165) is 16.9 Å². The van der Waals surface area contributed by atoms with Crippen LogP contribution in [0.2, 0.25) is 0 Å². The highest BCUT2D eigenvalue weighted by Gasteiger charge is 2.23. The Hall–Kier alpha value is -3.35. The number of aromatic carboxylic acids is 1. The number of carboxylic acid groups (broad SMARTS) is 1. The summed E-state index contributed by atoms with van der Waals surface area (Å²) in [5.74, 6) is 0.486. The summed E-state index contributed by atoms with van der Waals surface area (Å²) in [6.45, 7) is 8.19. The first kappa shape index (κ1) is 19.4. The third kappa shape index (κ3) is 3.69. The number of carboxylic acids is 1. The molecule has 7 nitrogen and oxygen atoms in total. The van der Waals surface area contributed by atoms with E-state index in [9.17, 15) is 9.90 Å². The van der Waals surface area contributed by atoms with Crippen molar-refractivity contribution in [2.24, 2.45) is 0 Å². The van der Waals surface area contributed by atoms with Crippen molar-refractivity contribution >= 4 is 17.6 Å². The molecule has 2 aromatic heterocycles. The first-order valence-electron chi connectivity index (χ1n) is 8.92. The van der Waals surface area contributed by atoms with Crippen molar-refractivity contribution in [3.05, 3.63) is 59.4 Å². The van der Waals surface area contributed by atoms with Gasteiger partial charge in [-0.2, -0.15) is 5.10 Å². The maximum Gasteiger partial charge on any atom is 0.339 e. The third-order valence-corrected chi connectivity index (χ3v) is 4.39. The fourth-order valence-corrected chi connectivity index (χ4v) is 2.87. The quantitative estimate of drug-likeness (QED) is 0.685. The Balaban J connectivity index is 2.20. The van der Waals surface area contributed by atoms with E-state index >= 15 is 0 Å². The molecule has 0 saturated carbocycles. The normalized spacial score (nSPS) is 11.3. The monoisotopic (exact) mass is 380 g/mol. The molecule has 0 bridgehead atoms. The molecule has 0 aliphatic rings. The topological polar surface area (TPSA) is 89.3 Å². The number of benzene rings is 1. The first-order valence-corrected chi connectivity index (χ1v) is 8.92. The van der Waals surface area contributed by atoms with Crippen LogP contribution in [0, 0.1) is 6.92 Å². The second-order valence-electron chi connectivity index (χ2n) is 7.53. The number of pyridine rings is 1. The molecule has 0 unspecified atom stereocenters. The lowest BCUT2D eigenvalue weighted by Gasteiger charge is -2.16. The van der Waals surface area contributed by atoms with Crippen LogP contribution in [0.25, 0.3) is 5.69 Å². The molecule has 3 aromatic rings. The highest BCUT2D eigenvalue weighted by Crippen LogP contribution is 2.33. The summed E-state index contributed by atoms with van der Waals surface area (Å²) in [4.78, 5) is 15.8. The lowest BCUT2D eigenvalue weighted by Crippen LogP contribution is -2.13. The Bertz CT molecular complexity index is 1020. The number of hydrogen-bond donors (Lipinski definition) is 2. The van der Waals surface area contributed by atoms with Crippen molar-refractivity contribution in [2.75, 3.05) is 12.4 Å². The van der Waals surface area contributed by atoms with Crippen LogP contribution >= 0.6 is 0 Å². The van der Waals surface area contributed by atoms with Crippen LogP contribution in [-0.2, 0) is 5.41 Å². The number of aromatic nitrogens is 3. The molecular formula is C21H24N4O3. The number of hydrogen-bond acceptors (Lipinski definition) is 5. The van der Waals surface area contributed by atoms with Gasteiger partial charge in [-0.1, -0.05) is 32.9 Å². The molecular weight excluding hydrogens is 356 g/mol. The van der Waals surface area contributed by atoms with Crippen LogP contribution < -0.4 is 10.1 Å². The van der Waals surface area contributed by atoms with E-state index in [2.05, 4.69) is 31.1 Å². The van der Waals surface area contributed by atoms with Gasteiger partial charge >= 0.3 is 5.97 Å². The van der Waals surface area contributed by atoms with Gasteiger partial charge in [-0.25, -0.2) is 14.5 Å². The SMILES string of the molecule is COc1cccc(C)c1-n1nc(C(C)(C)C)cc1Nc1ncccc1C(=O)O. The van der Waals surface area contributed by atoms with Crippen LogP contribution in [0.4, 0.5) is 11.6 Å². The predicted octanol–water partition coefficient (Wildman–Crippen LogP) is 4.32. The predicted molar refractivity (Wildman–Crippen MR) is 108 cm³/mol. The molecule has 0 radical (unpaired) electrons. The van der Waals surface area contributed by atoms with E-state index in [-0.39, 0.29) is 16.8 Å². The second-order valence-corrected chi connectivity index (χ2v) is 7.53. The molecule has 1 aromatic carbocycles. The lowest BCUT2D eigenvalue weighted by atomic mass is 9.92. The lowest BCUT2D eigenvalue weighted by molar-refractivity contribution is 0.0697. The van der Waals surface area contributed by atoms with Crippen molar-refractivity contribution in [1.29, 1.82) is 0 Å². The Morgan fingerprint density at radius 1 is 1.21 bits per heavy atom. The molecule has 146 valence electrons. The van der Waals surface area contributed by atoms with Gasteiger partial charge in [0.15, 0.2) is 0 Å². The first-order chi connectivity index (χ1) is 13.2. The Morgan fingerprint density at radius 3 is 2.61 bits per heavy atom. The number of para-hydroxylation sites is 1. The molecule has 2 N–H and O–H groups in total. The van der Waals surface area contributed by atoms with Gasteiger partial charge in [0.05, 0.1) is 12.8 Å². The van der Waals surface area contributed by atoms with Gasteiger partial charge in [0.1, 0.15) is 28.6 Å². The summed E-state index contributed by atoms with van der Waals surface area (Å²) >= 11 is 0. The Morgan fingerprint density at radius 2 is 1.96 bits per heavy atom. The maximum absolute atomic E-state index is 11.6. The average molecular weight is 380 g/mol. The molecule has 7 heteroatoms. The molecule has 28 heavy (non-hydrogen) atoms. The zero-order valence-corrected chi connectivity index (χ0v) is 16.6. The summed E-state index contributed by atoms with van der Waals surface area (Å²) in [5.41, 5.74) is 2.51. The summed E-state index contributed by atoms with van der Waals surface area (Å²) in [7, 11) is 1.61. The van der Waals surface area contributed by atoms with E-state index in [0.29, 0.717) is 11.6 Å². The smallest absolute Gasteiger partial charge is 0.339 e. The summed E-state index contributed by atoms with van der Waals surface area (Å²) < 4.78 is 7.29. The van der Waals surface area contributed by atoms with E-state index in [1.165, 1.54) is 6.07 Å². The van der Waals surface area contributed by atoms with Gasteiger partial charge in [0.2, 0.25) is 0 Å². The van der Waals surface area contributed by atoms with E-state index in [1.54, 1.807) is 24.1 Å². The standard InChI is InChI=1S/C21H24N4O3/c1-13-8-6-10-15(28-5)18(13)25-17(12-16(24-25)21(2,3)4)23-19-14(20(26)27)9-7-11-22-19/h6-12H,1-5H3,(H,22,23)(H,26,27). The zero-order valence-electron chi connectivity index (χ0n) is 16.6. The number of methoxy groups -OCH3 is 1. The average Bonchev–Trinajstić information content (AvgIpc) is 3.05. The van der Waals surface area contributed by atoms with Gasteiger partial charge in [-0.05, 0) is 30.7 Å². The minimum atomic E-state index is -1.05. The van der Waals surface area contributed by atoms with Crippen molar-refractivity contribution in [1.82, 2.24) is 14.8 Å². The fraction of sp³-hybridized carbons (Fsp3) is 0.286. The molecule has 0 aliphatic heterocycles. The molecule has 3 rings (SSSR count). The number of anilines is 2. The number of aryl methyl sites for hydroxylation is 1. The number of rotatable bonds is 5. The van der Waals surface area contributed by atoms with Crippen LogP contribution in [0.5, 0.6) is 5.75 Å². The number of nitrogens with one attached hydrogen (secondary N) is 1. The fourth-order valence-electron chi connectivity index (χ4n) is 2.87. The van der Waals surface area contributed by atoms with Gasteiger partial charge in [-0.15, -0.1) is 0 Å². The van der Waals surface area contributed by atoms with Crippen molar-refractivity contribution in [2.45, 2.75) is 33.1 Å². The van der Waals surface area contributed by atoms with Crippen molar-refractivity contribution in [3.63, 3.8) is 0 Å². The van der Waals surface area contributed by atoms with E-state index in [1.807, 2.05) is 31.2 Å². The Labute approximate surface area is 164 Å². The van der Waals surface area contributed by atoms with Gasteiger partial charge in [-0.3, -0.25) is 0 Å². The highest BCUT2D eigenvalue weighted by atomic mass is 16.5. The highest BCUT2D eigenvalue weighted by molar-refractivity contribution is 5.93. The third-order valence-electron chi connectivity index (χ3n) is 4.39. The summed E-state index contributed by atoms with van der Waals surface area (Å²) in [6.07, 6.45) is 1.55. The van der Waals surface area contributed by atoms with Crippen molar-refractivity contribution < 1.29 is 14.6 Å². The molecule has 0 fully saturated rings. The maximum atomic E-state index is 11.6. The summed E-state index contributed by atoms with van der Waals surface area (Å²) in [6, 6.07) is 10.8. The van der Waals surface area contributed by atoms with Gasteiger partial charge in [0.25, 0.3) is 0 Å². The molecule has 0 atom stereocenters. The number of carbonyl (C=O) groups is 1. The summed E-state index contributed by atoms with van der Waals surface area (Å²) in [5, 5.41) is 17.4. The molecule has 0 amide bonds. The molecule has 0 aliphatic carbocycles. The second kappa shape index (κ2) is 7.34. The zero-order chi connectivity index (χ0) is 20.5. The van der Waals surface area contributed by atoms with Crippen molar-refractivity contribution in [3.8, 4) is 11.4 Å². The van der Waals surface area contributed by atoms with Gasteiger partial charge in [0, 0.05) is 17.7 Å². The minimum Gasteiger partial charge on any atom is -0.494 e. The van der Waals surface area contributed by atoms with Crippen LogP contribution in [-0.4, -0.2) is 33.0 Å². The molecule has 0 spiro atoms. The minimum absolute atomic E-state index is 0.0873. The number of ether oxygens (including phenoxy) is 1. The molecule has 0 saturated heterocycles. The van der Waals surface area contributed by atoms with E-state index in [4.69, 9.17) is 9.84 Å². The van der Waals surface area contributed by atoms with Gasteiger partial charge < -0.3 is 15.2 Å². The van der Waals surface area contributed by atoms with Crippen LogP contribution in [0.15, 0.2) is 42.6 Å². The number of nitrogens with zero attached hydrogens (tertiary/aromatic N) is 3. The molecule has 2 heterocycles. The Kier molecular flexibility index (Phi) is 5.09. The largest absolute Gasteiger partial charge is 0.494 e.